The standard InChI is InChI=1S/C24H37NO4Si/c1-19(17-22(26)25-14-16-28-23(25)27)21(18-20-11-8-7-9-12-20)13-10-15-29-30(5,6)24(2,3)4/h7-9,11-12,17,21H,10,13-16,18H2,1-6H3/b19-17-. The SMILES string of the molecule is C/C(=C/C(=O)N1CCOC1=O)C(CCCO[Si](C)(C)C(C)(C)C)Cc1ccccc1. The number of carbonyl (C=O) groups is 2. The highest BCUT2D eigenvalue weighted by molar-refractivity contribution is 6.74. The molecule has 2 rings (SSSR count). The zero-order valence-electron chi connectivity index (χ0n) is 19.4. The first-order valence-electron chi connectivity index (χ1n) is 10.9. The van der Waals surface area contributed by atoms with Crippen molar-refractivity contribution in [3.8, 4) is 0 Å². The van der Waals surface area contributed by atoms with Crippen LogP contribution in [0.1, 0.15) is 46.1 Å². The molecule has 2 amide bonds. The van der Waals surface area contributed by atoms with Gasteiger partial charge < -0.3 is 9.16 Å². The summed E-state index contributed by atoms with van der Waals surface area (Å²) in [5.41, 5.74) is 2.24. The summed E-state index contributed by atoms with van der Waals surface area (Å²) in [6, 6.07) is 10.3. The van der Waals surface area contributed by atoms with Gasteiger partial charge in [-0.15, -0.1) is 0 Å². The number of imide groups is 1. The van der Waals surface area contributed by atoms with Gasteiger partial charge in [-0.1, -0.05) is 56.7 Å². The molecule has 0 N–H and O–H groups in total. The van der Waals surface area contributed by atoms with E-state index in [1.807, 2.05) is 25.1 Å². The molecule has 1 aliphatic heterocycles. The van der Waals surface area contributed by atoms with E-state index in [9.17, 15) is 9.59 Å². The highest BCUT2D eigenvalue weighted by Crippen LogP contribution is 2.36. The lowest BCUT2D eigenvalue weighted by Crippen LogP contribution is -2.41. The Morgan fingerprint density at radius 3 is 2.50 bits per heavy atom. The number of hydrogen-bond donors (Lipinski definition) is 0. The molecule has 0 radical (unpaired) electrons. The van der Waals surface area contributed by atoms with Gasteiger partial charge in [0.1, 0.15) is 6.61 Å². The maximum atomic E-state index is 12.5. The van der Waals surface area contributed by atoms with E-state index in [4.69, 9.17) is 9.16 Å². The third-order valence-electron chi connectivity index (χ3n) is 6.31. The second-order valence-corrected chi connectivity index (χ2v) is 14.4. The summed E-state index contributed by atoms with van der Waals surface area (Å²) in [6.45, 7) is 14.6. The summed E-state index contributed by atoms with van der Waals surface area (Å²) in [5.74, 6) is -0.0661. The van der Waals surface area contributed by atoms with Gasteiger partial charge in [0.15, 0.2) is 8.32 Å². The molecule has 1 saturated heterocycles. The predicted octanol–water partition coefficient (Wildman–Crippen LogP) is 5.57. The Morgan fingerprint density at radius 2 is 1.93 bits per heavy atom. The van der Waals surface area contributed by atoms with Crippen LogP contribution in [0, 0.1) is 5.92 Å². The maximum absolute atomic E-state index is 12.5. The number of benzene rings is 1. The molecule has 166 valence electrons. The number of amides is 2. The zero-order valence-corrected chi connectivity index (χ0v) is 20.4. The molecule has 0 bridgehead atoms. The van der Waals surface area contributed by atoms with Gasteiger partial charge in [0.2, 0.25) is 0 Å². The quantitative estimate of drug-likeness (QED) is 0.291. The van der Waals surface area contributed by atoms with E-state index in [0.717, 1.165) is 31.4 Å². The number of hydrogen-bond acceptors (Lipinski definition) is 4. The summed E-state index contributed by atoms with van der Waals surface area (Å²) in [5, 5.41) is 0.197. The van der Waals surface area contributed by atoms with Crippen molar-refractivity contribution in [1.29, 1.82) is 0 Å². The highest BCUT2D eigenvalue weighted by Gasteiger charge is 2.36. The summed E-state index contributed by atoms with van der Waals surface area (Å²) in [7, 11) is -1.76. The van der Waals surface area contributed by atoms with E-state index in [0.29, 0.717) is 6.54 Å². The van der Waals surface area contributed by atoms with E-state index >= 15 is 0 Å². The number of nitrogens with zero attached hydrogens (tertiary/aromatic N) is 1. The van der Waals surface area contributed by atoms with Crippen LogP contribution >= 0.6 is 0 Å². The number of allylic oxidation sites excluding steroid dienone is 1. The first-order valence-corrected chi connectivity index (χ1v) is 13.8. The third-order valence-corrected chi connectivity index (χ3v) is 10.9. The van der Waals surface area contributed by atoms with Crippen molar-refractivity contribution in [2.75, 3.05) is 19.8 Å². The van der Waals surface area contributed by atoms with Gasteiger partial charge in [0.25, 0.3) is 5.91 Å². The molecular weight excluding hydrogens is 394 g/mol. The van der Waals surface area contributed by atoms with Gasteiger partial charge in [-0.05, 0) is 55.8 Å². The van der Waals surface area contributed by atoms with Crippen LogP contribution in [0.15, 0.2) is 42.0 Å². The Labute approximate surface area is 182 Å². The van der Waals surface area contributed by atoms with Gasteiger partial charge >= 0.3 is 6.09 Å². The van der Waals surface area contributed by atoms with Crippen LogP contribution in [0.5, 0.6) is 0 Å². The molecule has 0 spiro atoms. The van der Waals surface area contributed by atoms with Crippen molar-refractivity contribution >= 4 is 20.3 Å². The lowest BCUT2D eigenvalue weighted by Gasteiger charge is -2.36. The predicted molar refractivity (Wildman–Crippen MR) is 123 cm³/mol. The number of carbonyl (C=O) groups excluding carboxylic acids is 2. The first-order chi connectivity index (χ1) is 14.0. The molecule has 6 heteroatoms. The summed E-state index contributed by atoms with van der Waals surface area (Å²) in [6.07, 6.45) is 3.79. The number of cyclic esters (lactones) is 1. The Bertz CT molecular complexity index is 752. The number of rotatable bonds is 9. The Morgan fingerprint density at radius 1 is 1.27 bits per heavy atom. The molecule has 1 aromatic carbocycles. The summed E-state index contributed by atoms with van der Waals surface area (Å²) < 4.78 is 11.2. The maximum Gasteiger partial charge on any atom is 0.416 e. The molecular formula is C24H37NO4Si. The van der Waals surface area contributed by atoms with Crippen LogP contribution in [0.4, 0.5) is 4.79 Å². The van der Waals surface area contributed by atoms with Crippen molar-refractivity contribution in [3.05, 3.63) is 47.5 Å². The van der Waals surface area contributed by atoms with Gasteiger partial charge in [-0.3, -0.25) is 4.79 Å². The van der Waals surface area contributed by atoms with Crippen molar-refractivity contribution in [2.24, 2.45) is 5.92 Å². The van der Waals surface area contributed by atoms with E-state index < -0.39 is 14.4 Å². The first kappa shape index (κ1) is 24.3. The molecule has 1 fully saturated rings. The minimum atomic E-state index is -1.76. The molecule has 1 heterocycles. The van der Waals surface area contributed by atoms with Crippen molar-refractivity contribution < 1.29 is 18.8 Å². The van der Waals surface area contributed by atoms with Crippen LogP contribution in [0.2, 0.25) is 18.1 Å². The van der Waals surface area contributed by atoms with Gasteiger partial charge in [0, 0.05) is 12.7 Å². The lowest BCUT2D eigenvalue weighted by molar-refractivity contribution is -0.122. The largest absolute Gasteiger partial charge is 0.447 e. The smallest absolute Gasteiger partial charge is 0.416 e. The molecule has 0 saturated carbocycles. The van der Waals surface area contributed by atoms with Crippen LogP contribution in [-0.4, -0.2) is 45.0 Å². The average molecular weight is 432 g/mol. The number of ether oxygens (including phenoxy) is 1. The van der Waals surface area contributed by atoms with Gasteiger partial charge in [-0.25, -0.2) is 9.69 Å². The molecule has 1 aliphatic rings. The third kappa shape index (κ3) is 6.81. The monoisotopic (exact) mass is 431 g/mol. The van der Waals surface area contributed by atoms with Crippen molar-refractivity contribution in [1.82, 2.24) is 4.90 Å². The van der Waals surface area contributed by atoms with Crippen LogP contribution in [0.25, 0.3) is 0 Å². The molecule has 5 nitrogen and oxygen atoms in total. The van der Waals surface area contributed by atoms with Gasteiger partial charge in [-0.2, -0.15) is 0 Å². The summed E-state index contributed by atoms with van der Waals surface area (Å²) in [4.78, 5) is 25.4. The van der Waals surface area contributed by atoms with E-state index in [1.54, 1.807) is 6.08 Å². The van der Waals surface area contributed by atoms with Crippen LogP contribution in [0.3, 0.4) is 0 Å². The molecule has 1 aromatic rings. The zero-order chi connectivity index (χ0) is 22.4. The minimum Gasteiger partial charge on any atom is -0.447 e. The fourth-order valence-corrected chi connectivity index (χ4v) is 4.33. The Balaban J connectivity index is 2.04. The normalized spacial score (nSPS) is 16.5. The molecule has 0 aliphatic carbocycles. The summed E-state index contributed by atoms with van der Waals surface area (Å²) >= 11 is 0. The molecule has 1 unspecified atom stereocenters. The Kier molecular flexibility index (Phi) is 8.44. The average Bonchev–Trinajstić information content (AvgIpc) is 3.10. The topological polar surface area (TPSA) is 55.8 Å². The second kappa shape index (κ2) is 10.4. The lowest BCUT2D eigenvalue weighted by atomic mass is 9.88. The van der Waals surface area contributed by atoms with E-state index in [2.05, 4.69) is 46.0 Å². The molecule has 0 aromatic heterocycles. The highest BCUT2D eigenvalue weighted by atomic mass is 28.4. The van der Waals surface area contributed by atoms with Gasteiger partial charge in [0.05, 0.1) is 6.54 Å². The Hall–Kier alpha value is -1.92. The van der Waals surface area contributed by atoms with E-state index in [1.165, 1.54) is 10.5 Å². The van der Waals surface area contributed by atoms with Crippen molar-refractivity contribution in [3.63, 3.8) is 0 Å². The van der Waals surface area contributed by atoms with Crippen molar-refractivity contribution in [2.45, 2.75) is 65.1 Å². The fourth-order valence-electron chi connectivity index (χ4n) is 3.25. The minimum absolute atomic E-state index is 0.197. The fraction of sp³-hybridized carbons (Fsp3) is 0.583. The second-order valence-electron chi connectivity index (χ2n) is 9.63. The van der Waals surface area contributed by atoms with Crippen LogP contribution < -0.4 is 0 Å². The van der Waals surface area contributed by atoms with Crippen LogP contribution in [-0.2, 0) is 20.4 Å². The van der Waals surface area contributed by atoms with E-state index in [-0.39, 0.29) is 23.5 Å². The molecule has 1 atom stereocenters. The molecule has 30 heavy (non-hydrogen) atoms.